The van der Waals surface area contributed by atoms with Gasteiger partial charge < -0.3 is 9.47 Å². The molecule has 0 aliphatic carbocycles. The summed E-state index contributed by atoms with van der Waals surface area (Å²) >= 11 is 0. The molecule has 22 heavy (non-hydrogen) atoms. The van der Waals surface area contributed by atoms with Crippen LogP contribution in [-0.4, -0.2) is 13.1 Å². The van der Waals surface area contributed by atoms with Crippen molar-refractivity contribution in [3.05, 3.63) is 24.3 Å². The Hall–Kier alpha value is -1.51. The quantitative estimate of drug-likeness (QED) is 0.335. The van der Waals surface area contributed by atoms with E-state index in [9.17, 15) is 4.79 Å². The van der Waals surface area contributed by atoms with Gasteiger partial charge in [-0.2, -0.15) is 0 Å². The highest BCUT2D eigenvalue weighted by molar-refractivity contribution is 5.46. The van der Waals surface area contributed by atoms with Crippen LogP contribution in [0, 0.1) is 0 Å². The van der Waals surface area contributed by atoms with Gasteiger partial charge in [-0.15, -0.1) is 0 Å². The van der Waals surface area contributed by atoms with E-state index >= 15 is 0 Å². The van der Waals surface area contributed by atoms with Gasteiger partial charge in [0, 0.05) is 6.07 Å². The van der Waals surface area contributed by atoms with E-state index in [4.69, 9.17) is 9.47 Å². The van der Waals surface area contributed by atoms with Crippen molar-refractivity contribution in [3.63, 3.8) is 0 Å². The largest absolute Gasteiger partial charge is 0.493 e. The van der Waals surface area contributed by atoms with Crippen molar-refractivity contribution in [1.82, 2.24) is 0 Å². The summed E-state index contributed by atoms with van der Waals surface area (Å²) in [5.74, 6) is 1.28. The molecule has 3 heteroatoms. The molecule has 1 aromatic carbocycles. The zero-order chi connectivity index (χ0) is 15.9. The predicted molar refractivity (Wildman–Crippen MR) is 90.5 cm³/mol. The third-order valence-corrected chi connectivity index (χ3v) is 3.76. The standard InChI is InChI=1S/C19H30O3/c1-2-3-4-5-6-7-8-9-10-11-15-21-18-13-12-14-19(16-18)22-17-20/h12-14,16-17H,2-11,15H2,1H3. The summed E-state index contributed by atoms with van der Waals surface area (Å²) in [6.45, 7) is 3.41. The van der Waals surface area contributed by atoms with Crippen LogP contribution in [0.3, 0.4) is 0 Å². The van der Waals surface area contributed by atoms with E-state index in [0.717, 1.165) is 18.8 Å². The second-order valence-electron chi connectivity index (χ2n) is 5.72. The molecule has 0 atom stereocenters. The summed E-state index contributed by atoms with van der Waals surface area (Å²) in [4.78, 5) is 10.3. The van der Waals surface area contributed by atoms with Gasteiger partial charge in [-0.1, -0.05) is 70.8 Å². The Kier molecular flexibility index (Phi) is 11.1. The zero-order valence-electron chi connectivity index (χ0n) is 13.9. The number of hydrogen-bond donors (Lipinski definition) is 0. The Bertz CT molecular complexity index is 390. The summed E-state index contributed by atoms with van der Waals surface area (Å²) in [5, 5.41) is 0. The molecule has 124 valence electrons. The fraction of sp³-hybridized carbons (Fsp3) is 0.632. The number of carbonyl (C=O) groups is 1. The van der Waals surface area contributed by atoms with Gasteiger partial charge in [0.25, 0.3) is 6.47 Å². The summed E-state index contributed by atoms with van der Waals surface area (Å²) in [6.07, 6.45) is 13.2. The Morgan fingerprint density at radius 3 is 2.09 bits per heavy atom. The van der Waals surface area contributed by atoms with Crippen LogP contribution in [0.1, 0.15) is 71.1 Å². The van der Waals surface area contributed by atoms with Crippen molar-refractivity contribution in [1.29, 1.82) is 0 Å². The molecule has 0 aromatic heterocycles. The third-order valence-electron chi connectivity index (χ3n) is 3.76. The summed E-state index contributed by atoms with van der Waals surface area (Å²) < 4.78 is 10.5. The molecule has 0 bridgehead atoms. The van der Waals surface area contributed by atoms with Crippen LogP contribution in [0.2, 0.25) is 0 Å². The summed E-state index contributed by atoms with van der Waals surface area (Å²) in [7, 11) is 0. The van der Waals surface area contributed by atoms with Crippen LogP contribution in [0.15, 0.2) is 24.3 Å². The molecule has 0 fully saturated rings. The van der Waals surface area contributed by atoms with E-state index in [1.807, 2.05) is 12.1 Å². The Labute approximate surface area is 135 Å². The fourth-order valence-corrected chi connectivity index (χ4v) is 2.47. The number of ether oxygens (including phenoxy) is 2. The van der Waals surface area contributed by atoms with Gasteiger partial charge in [-0.05, 0) is 18.6 Å². The molecule has 0 saturated carbocycles. The molecule has 1 aromatic rings. The molecule has 3 nitrogen and oxygen atoms in total. The van der Waals surface area contributed by atoms with Crippen molar-refractivity contribution >= 4 is 6.47 Å². The maximum atomic E-state index is 10.3. The van der Waals surface area contributed by atoms with Crippen LogP contribution in [0.25, 0.3) is 0 Å². The van der Waals surface area contributed by atoms with Gasteiger partial charge in [0.05, 0.1) is 6.61 Å². The molecular weight excluding hydrogens is 276 g/mol. The van der Waals surface area contributed by atoms with E-state index in [1.165, 1.54) is 57.8 Å². The Morgan fingerprint density at radius 2 is 1.45 bits per heavy atom. The van der Waals surface area contributed by atoms with Gasteiger partial charge in [-0.3, -0.25) is 4.79 Å². The maximum Gasteiger partial charge on any atom is 0.298 e. The Balaban J connectivity index is 1.95. The van der Waals surface area contributed by atoms with Crippen LogP contribution in [-0.2, 0) is 4.79 Å². The molecule has 0 unspecified atom stereocenters. The highest BCUT2D eigenvalue weighted by Crippen LogP contribution is 2.19. The van der Waals surface area contributed by atoms with Gasteiger partial charge >= 0.3 is 0 Å². The third kappa shape index (κ3) is 9.43. The minimum atomic E-state index is 0.432. The average Bonchev–Trinajstić information content (AvgIpc) is 2.53. The molecule has 0 saturated heterocycles. The Morgan fingerprint density at radius 1 is 0.864 bits per heavy atom. The first-order chi connectivity index (χ1) is 10.9. The van der Waals surface area contributed by atoms with E-state index in [1.54, 1.807) is 12.1 Å². The van der Waals surface area contributed by atoms with Gasteiger partial charge in [-0.25, -0.2) is 0 Å². The predicted octanol–water partition coefficient (Wildman–Crippen LogP) is 5.52. The lowest BCUT2D eigenvalue weighted by Gasteiger charge is -2.07. The summed E-state index contributed by atoms with van der Waals surface area (Å²) in [5.41, 5.74) is 0. The molecule has 0 aliphatic heterocycles. The number of rotatable bonds is 14. The molecule has 0 aliphatic rings. The number of benzene rings is 1. The lowest BCUT2D eigenvalue weighted by molar-refractivity contribution is -0.120. The van der Waals surface area contributed by atoms with E-state index in [-0.39, 0.29) is 0 Å². The SMILES string of the molecule is CCCCCCCCCCCCOc1cccc(OC=O)c1. The fourth-order valence-electron chi connectivity index (χ4n) is 2.47. The van der Waals surface area contributed by atoms with Crippen LogP contribution >= 0.6 is 0 Å². The zero-order valence-corrected chi connectivity index (χ0v) is 13.9. The van der Waals surface area contributed by atoms with Gasteiger partial charge in [0.1, 0.15) is 11.5 Å². The topological polar surface area (TPSA) is 35.5 Å². The van der Waals surface area contributed by atoms with E-state index in [0.29, 0.717) is 12.2 Å². The first-order valence-corrected chi connectivity index (χ1v) is 8.70. The minimum Gasteiger partial charge on any atom is -0.493 e. The number of unbranched alkanes of at least 4 members (excludes halogenated alkanes) is 9. The molecule has 0 radical (unpaired) electrons. The number of hydrogen-bond acceptors (Lipinski definition) is 3. The van der Waals surface area contributed by atoms with E-state index < -0.39 is 0 Å². The number of carbonyl (C=O) groups excluding carboxylic acids is 1. The van der Waals surface area contributed by atoms with Gasteiger partial charge in [0.15, 0.2) is 0 Å². The molecule has 1 rings (SSSR count). The molecule has 0 amide bonds. The monoisotopic (exact) mass is 306 g/mol. The second-order valence-corrected chi connectivity index (χ2v) is 5.72. The molecule has 0 N–H and O–H groups in total. The lowest BCUT2D eigenvalue weighted by atomic mass is 10.1. The normalized spacial score (nSPS) is 10.4. The molecule has 0 heterocycles. The maximum absolute atomic E-state index is 10.3. The lowest BCUT2D eigenvalue weighted by Crippen LogP contribution is -1.98. The molecule has 0 spiro atoms. The van der Waals surface area contributed by atoms with Crippen LogP contribution in [0.5, 0.6) is 11.5 Å². The van der Waals surface area contributed by atoms with Gasteiger partial charge in [0.2, 0.25) is 0 Å². The van der Waals surface area contributed by atoms with Crippen molar-refractivity contribution < 1.29 is 14.3 Å². The van der Waals surface area contributed by atoms with Crippen molar-refractivity contribution in [2.45, 2.75) is 71.1 Å². The van der Waals surface area contributed by atoms with Crippen LogP contribution < -0.4 is 9.47 Å². The highest BCUT2D eigenvalue weighted by atomic mass is 16.5. The average molecular weight is 306 g/mol. The minimum absolute atomic E-state index is 0.432. The highest BCUT2D eigenvalue weighted by Gasteiger charge is 1.98. The first-order valence-electron chi connectivity index (χ1n) is 8.70. The molecular formula is C19H30O3. The van der Waals surface area contributed by atoms with Crippen molar-refractivity contribution in [2.24, 2.45) is 0 Å². The first kappa shape index (κ1) is 18.5. The van der Waals surface area contributed by atoms with Crippen molar-refractivity contribution in [3.8, 4) is 11.5 Å². The van der Waals surface area contributed by atoms with E-state index in [2.05, 4.69) is 6.92 Å². The second kappa shape index (κ2) is 13.2. The summed E-state index contributed by atoms with van der Waals surface area (Å²) in [6, 6.07) is 7.19. The van der Waals surface area contributed by atoms with Crippen LogP contribution in [0.4, 0.5) is 0 Å². The smallest absolute Gasteiger partial charge is 0.298 e. The van der Waals surface area contributed by atoms with Crippen molar-refractivity contribution in [2.75, 3.05) is 6.61 Å².